The first kappa shape index (κ1) is 15.6. The lowest BCUT2D eigenvalue weighted by atomic mass is 9.96. The lowest BCUT2D eigenvalue weighted by Gasteiger charge is -2.31. The van der Waals surface area contributed by atoms with E-state index in [1.165, 1.54) is 0 Å². The van der Waals surface area contributed by atoms with Gasteiger partial charge in [-0.1, -0.05) is 12.1 Å². The van der Waals surface area contributed by atoms with E-state index in [1.54, 1.807) is 12.1 Å². The number of hydrogen-bond acceptors (Lipinski definition) is 5. The van der Waals surface area contributed by atoms with E-state index in [0.29, 0.717) is 18.0 Å². The number of nitrogens with two attached hydrogens (primary N) is 2. The van der Waals surface area contributed by atoms with Crippen LogP contribution < -0.4 is 16.2 Å². The van der Waals surface area contributed by atoms with Crippen LogP contribution in [0.1, 0.15) is 12.8 Å². The predicted molar refractivity (Wildman–Crippen MR) is 80.7 cm³/mol. The Hall–Kier alpha value is -1.79. The summed E-state index contributed by atoms with van der Waals surface area (Å²) in [6.07, 6.45) is 0.929. The molecule has 2 rings (SSSR count). The van der Waals surface area contributed by atoms with Crippen molar-refractivity contribution in [2.24, 2.45) is 11.7 Å². The maximum atomic E-state index is 11.1. The van der Waals surface area contributed by atoms with Crippen molar-refractivity contribution in [2.75, 3.05) is 32.0 Å². The third kappa shape index (κ3) is 4.61. The molecule has 1 heterocycles. The van der Waals surface area contributed by atoms with Crippen molar-refractivity contribution in [1.82, 2.24) is 4.90 Å². The molecule has 0 spiro atoms. The average molecular weight is 293 g/mol. The number of nitrogens with zero attached hydrogens (tertiary/aromatic N) is 1. The number of amides is 1. The molecule has 1 aliphatic heterocycles. The van der Waals surface area contributed by atoms with Crippen molar-refractivity contribution in [1.29, 1.82) is 0 Å². The van der Waals surface area contributed by atoms with Gasteiger partial charge in [0.2, 0.25) is 5.91 Å². The molecule has 5 N–H and O–H groups in total. The van der Waals surface area contributed by atoms with Crippen molar-refractivity contribution in [3.63, 3.8) is 0 Å². The third-order valence-corrected chi connectivity index (χ3v) is 3.81. The molecule has 1 saturated heterocycles. The number of primary amides is 1. The Balaban J connectivity index is 1.72. The summed E-state index contributed by atoms with van der Waals surface area (Å²) in [6, 6.07) is 7.21. The van der Waals surface area contributed by atoms with E-state index in [2.05, 4.69) is 4.90 Å². The van der Waals surface area contributed by atoms with Gasteiger partial charge in [0.15, 0.2) is 0 Å². The number of nitrogen functional groups attached to an aromatic ring is 1. The number of aliphatic hydroxyl groups is 1. The topological polar surface area (TPSA) is 102 Å². The molecule has 0 bridgehead atoms. The van der Waals surface area contributed by atoms with E-state index in [-0.39, 0.29) is 18.4 Å². The Kier molecular flexibility index (Phi) is 5.41. The molecule has 1 fully saturated rings. The van der Waals surface area contributed by atoms with Crippen molar-refractivity contribution in [2.45, 2.75) is 18.9 Å². The zero-order chi connectivity index (χ0) is 15.2. The molecule has 1 aliphatic rings. The fourth-order valence-electron chi connectivity index (χ4n) is 2.55. The number of carbonyl (C=O) groups excluding carboxylic acids is 1. The molecule has 1 aromatic carbocycles. The van der Waals surface area contributed by atoms with Crippen LogP contribution in [-0.2, 0) is 4.79 Å². The quantitative estimate of drug-likeness (QED) is 0.651. The number of anilines is 1. The van der Waals surface area contributed by atoms with E-state index in [1.807, 2.05) is 12.1 Å². The molecule has 1 aromatic rings. The molecule has 0 aromatic heterocycles. The zero-order valence-electron chi connectivity index (χ0n) is 12.1. The molecule has 1 unspecified atom stereocenters. The second kappa shape index (κ2) is 7.28. The van der Waals surface area contributed by atoms with Crippen molar-refractivity contribution in [3.8, 4) is 5.75 Å². The highest BCUT2D eigenvalue weighted by atomic mass is 16.5. The molecular formula is C15H23N3O3. The summed E-state index contributed by atoms with van der Waals surface area (Å²) >= 11 is 0. The average Bonchev–Trinajstić information content (AvgIpc) is 2.47. The number of rotatable bonds is 6. The number of β-amino-alcohol motifs (C(OH)–C–C–N with tert-alkyl or cyclic N) is 1. The molecule has 6 nitrogen and oxygen atoms in total. The molecule has 0 saturated carbocycles. The van der Waals surface area contributed by atoms with E-state index >= 15 is 0 Å². The Morgan fingerprint density at radius 2 is 2.05 bits per heavy atom. The van der Waals surface area contributed by atoms with Gasteiger partial charge in [-0.2, -0.15) is 0 Å². The third-order valence-electron chi connectivity index (χ3n) is 3.81. The number of piperidine rings is 1. The Morgan fingerprint density at radius 1 is 1.38 bits per heavy atom. The summed E-state index contributed by atoms with van der Waals surface area (Å²) in [4.78, 5) is 13.2. The van der Waals surface area contributed by atoms with Crippen LogP contribution in [0.25, 0.3) is 0 Å². The normalized spacial score (nSPS) is 18.3. The zero-order valence-corrected chi connectivity index (χ0v) is 12.1. The second-order valence-electron chi connectivity index (χ2n) is 5.48. The first-order valence-corrected chi connectivity index (χ1v) is 7.23. The van der Waals surface area contributed by atoms with E-state index in [4.69, 9.17) is 16.2 Å². The number of ether oxygens (including phenoxy) is 1. The van der Waals surface area contributed by atoms with Crippen LogP contribution in [-0.4, -0.2) is 48.3 Å². The number of benzene rings is 1. The minimum absolute atomic E-state index is 0.0289. The van der Waals surface area contributed by atoms with Gasteiger partial charge in [-0.25, -0.2) is 0 Å². The maximum absolute atomic E-state index is 11.1. The van der Waals surface area contributed by atoms with Crippen LogP contribution in [0, 0.1) is 5.92 Å². The Bertz CT molecular complexity index is 473. The van der Waals surface area contributed by atoms with Crippen molar-refractivity contribution < 1.29 is 14.6 Å². The molecule has 1 amide bonds. The van der Waals surface area contributed by atoms with Crippen molar-refractivity contribution in [3.05, 3.63) is 24.3 Å². The van der Waals surface area contributed by atoms with E-state index in [0.717, 1.165) is 25.9 Å². The highest BCUT2D eigenvalue weighted by Gasteiger charge is 2.24. The standard InChI is InChI=1S/C15H23N3O3/c16-13-3-1-2-4-14(13)21-10-12(19)9-18-7-5-11(6-8-18)15(17)20/h1-4,11-12,19H,5-10,16H2,(H2,17,20). The highest BCUT2D eigenvalue weighted by Crippen LogP contribution is 2.20. The predicted octanol–water partition coefficient (Wildman–Crippen LogP) is 0.206. The minimum atomic E-state index is -0.588. The number of hydrogen-bond donors (Lipinski definition) is 3. The molecular weight excluding hydrogens is 270 g/mol. The van der Waals surface area contributed by atoms with Crippen LogP contribution in [0.2, 0.25) is 0 Å². The first-order valence-electron chi connectivity index (χ1n) is 7.23. The fourth-order valence-corrected chi connectivity index (χ4v) is 2.55. The van der Waals surface area contributed by atoms with E-state index < -0.39 is 6.10 Å². The summed E-state index contributed by atoms with van der Waals surface area (Å²) in [6.45, 7) is 2.28. The van der Waals surface area contributed by atoms with Crippen LogP contribution in [0.5, 0.6) is 5.75 Å². The van der Waals surface area contributed by atoms with Crippen LogP contribution in [0.15, 0.2) is 24.3 Å². The van der Waals surface area contributed by atoms with Gasteiger partial charge in [0, 0.05) is 12.5 Å². The van der Waals surface area contributed by atoms with Crippen LogP contribution in [0.4, 0.5) is 5.69 Å². The van der Waals surface area contributed by atoms with Gasteiger partial charge in [-0.15, -0.1) is 0 Å². The maximum Gasteiger partial charge on any atom is 0.220 e. The van der Waals surface area contributed by atoms with Gasteiger partial charge in [-0.3, -0.25) is 4.79 Å². The smallest absolute Gasteiger partial charge is 0.220 e. The van der Waals surface area contributed by atoms with Gasteiger partial charge in [0.25, 0.3) is 0 Å². The van der Waals surface area contributed by atoms with Gasteiger partial charge < -0.3 is 26.2 Å². The number of carbonyl (C=O) groups is 1. The number of aliphatic hydroxyl groups excluding tert-OH is 1. The first-order chi connectivity index (χ1) is 10.1. The molecule has 21 heavy (non-hydrogen) atoms. The Labute approximate surface area is 124 Å². The highest BCUT2D eigenvalue weighted by molar-refractivity contribution is 5.76. The van der Waals surface area contributed by atoms with Crippen molar-refractivity contribution >= 4 is 11.6 Å². The lowest BCUT2D eigenvalue weighted by Crippen LogP contribution is -2.43. The van der Waals surface area contributed by atoms with Gasteiger partial charge in [-0.05, 0) is 38.1 Å². The van der Waals surface area contributed by atoms with E-state index in [9.17, 15) is 9.90 Å². The number of likely N-dealkylation sites (tertiary alicyclic amines) is 1. The van der Waals surface area contributed by atoms with Gasteiger partial charge >= 0.3 is 0 Å². The van der Waals surface area contributed by atoms with Crippen LogP contribution >= 0.6 is 0 Å². The monoisotopic (exact) mass is 293 g/mol. The van der Waals surface area contributed by atoms with Crippen LogP contribution in [0.3, 0.4) is 0 Å². The summed E-state index contributed by atoms with van der Waals surface area (Å²) in [5.41, 5.74) is 11.6. The molecule has 0 radical (unpaired) electrons. The largest absolute Gasteiger partial charge is 0.489 e. The van der Waals surface area contributed by atoms with Gasteiger partial charge in [0.1, 0.15) is 18.5 Å². The lowest BCUT2D eigenvalue weighted by molar-refractivity contribution is -0.123. The minimum Gasteiger partial charge on any atom is -0.489 e. The summed E-state index contributed by atoms with van der Waals surface area (Å²) in [7, 11) is 0. The van der Waals surface area contributed by atoms with Gasteiger partial charge in [0.05, 0.1) is 5.69 Å². The summed E-state index contributed by atoms with van der Waals surface area (Å²) in [5, 5.41) is 10.0. The summed E-state index contributed by atoms with van der Waals surface area (Å²) in [5.74, 6) is 0.334. The molecule has 6 heteroatoms. The Morgan fingerprint density at radius 3 is 2.67 bits per heavy atom. The molecule has 116 valence electrons. The SMILES string of the molecule is NC(=O)C1CCN(CC(O)COc2ccccc2N)CC1. The second-order valence-corrected chi connectivity index (χ2v) is 5.48. The fraction of sp³-hybridized carbons (Fsp3) is 0.533. The number of para-hydroxylation sites is 2. The molecule has 0 aliphatic carbocycles. The summed E-state index contributed by atoms with van der Waals surface area (Å²) < 4.78 is 5.52. The molecule has 1 atom stereocenters.